The van der Waals surface area contributed by atoms with Crippen LogP contribution in [0.3, 0.4) is 0 Å². The van der Waals surface area contributed by atoms with Crippen molar-refractivity contribution in [3.8, 4) is 0 Å². The molecule has 0 aromatic heterocycles. The second kappa shape index (κ2) is 46.6. The first-order valence-electron chi connectivity index (χ1n) is 29.0. The lowest BCUT2D eigenvalue weighted by Gasteiger charge is -2.29. The number of likely N-dealkylation sites (N-methyl/N-ethyl adjacent to an activating group) is 1. The molecule has 0 bridgehead atoms. The highest BCUT2D eigenvalue weighted by molar-refractivity contribution is 7.47. The summed E-state index contributed by atoms with van der Waals surface area (Å²) >= 11 is 0. The Balaban J connectivity index is 4.75. The van der Waals surface area contributed by atoms with Gasteiger partial charge in [-0.1, -0.05) is 207 Å². The summed E-state index contributed by atoms with van der Waals surface area (Å²) in [5.41, 5.74) is 0. The van der Waals surface area contributed by atoms with E-state index in [0.717, 1.165) is 38.5 Å². The van der Waals surface area contributed by atoms with Crippen molar-refractivity contribution in [2.45, 2.75) is 272 Å². The number of phosphoric ester groups is 1. The highest BCUT2D eigenvalue weighted by atomic mass is 31.2. The third-order valence-corrected chi connectivity index (χ3v) is 13.9. The zero-order valence-electron chi connectivity index (χ0n) is 47.1. The number of Topliss-reactive ketones (excluding diaryl/α,β-unsaturated/α-hetero) is 1. The summed E-state index contributed by atoms with van der Waals surface area (Å²) in [7, 11) is 1.57. The smallest absolute Gasteiger partial charge is 0.465 e. The van der Waals surface area contributed by atoms with Crippen LogP contribution >= 0.6 is 7.82 Å². The van der Waals surface area contributed by atoms with Gasteiger partial charge in [0.05, 0.1) is 46.9 Å². The van der Waals surface area contributed by atoms with Gasteiger partial charge in [0.25, 0.3) is 0 Å². The minimum atomic E-state index is -4.59. The van der Waals surface area contributed by atoms with E-state index in [4.69, 9.17) is 28.0 Å². The molecule has 0 heterocycles. The van der Waals surface area contributed by atoms with Crippen LogP contribution in [0.1, 0.15) is 259 Å². The van der Waals surface area contributed by atoms with Gasteiger partial charge in [-0.25, -0.2) is 4.57 Å². The summed E-state index contributed by atoms with van der Waals surface area (Å²) in [5.74, 6) is -1.55. The number of unbranched alkanes of at least 4 members (excludes halogenated alkanes) is 28. The fourth-order valence-corrected chi connectivity index (χ4v) is 9.63. The average Bonchev–Trinajstić information content (AvgIpc) is 3.30. The zero-order valence-corrected chi connectivity index (χ0v) is 48.0. The molecule has 0 fully saturated rings. The molecule has 0 saturated carbocycles. The first kappa shape index (κ1) is 69.1. The van der Waals surface area contributed by atoms with E-state index in [2.05, 4.69) is 35.0 Å². The summed E-state index contributed by atoms with van der Waals surface area (Å²) in [6, 6.07) is 0. The van der Waals surface area contributed by atoms with Crippen molar-refractivity contribution in [3.63, 3.8) is 0 Å². The SMILES string of the molecule is CCCCCCCCCCCCCCCCCC(=O)OC[C@H](COP(=O)(O)OCCCOC(=O)C(C)CC(C)COC(CC(C)=O)C[N+](C)(C)C)OC(=O)CCCCCCCCCCCCCCCCC. The van der Waals surface area contributed by atoms with Crippen LogP contribution in [0, 0.1) is 11.8 Å². The maximum absolute atomic E-state index is 12.9. The molecule has 0 amide bonds. The monoisotopic (exact) mass is 1030 g/mol. The molecule has 14 heteroatoms. The van der Waals surface area contributed by atoms with E-state index in [1.807, 2.05) is 6.92 Å². The van der Waals surface area contributed by atoms with Gasteiger partial charge in [-0.05, 0) is 32.1 Å². The van der Waals surface area contributed by atoms with Crippen LogP contribution in [-0.2, 0) is 51.7 Å². The van der Waals surface area contributed by atoms with E-state index in [1.165, 1.54) is 141 Å². The molecule has 5 atom stereocenters. The summed E-state index contributed by atoms with van der Waals surface area (Å²) in [6.45, 7) is 9.92. The van der Waals surface area contributed by atoms with Crippen LogP contribution in [0.25, 0.3) is 0 Å². The molecule has 13 nitrogen and oxygen atoms in total. The summed E-state index contributed by atoms with van der Waals surface area (Å²) in [6.07, 6.45) is 36.9. The quantitative estimate of drug-likeness (QED) is 0.0202. The minimum absolute atomic E-state index is 0.0207. The van der Waals surface area contributed by atoms with Gasteiger partial charge in [-0.3, -0.25) is 28.2 Å². The van der Waals surface area contributed by atoms with Crippen LogP contribution in [0.2, 0.25) is 0 Å². The maximum Gasteiger partial charge on any atom is 0.472 e. The highest BCUT2D eigenvalue weighted by Gasteiger charge is 2.27. The maximum atomic E-state index is 12.9. The molecule has 0 aliphatic carbocycles. The number of ether oxygens (including phenoxy) is 4. The molecule has 420 valence electrons. The Kier molecular flexibility index (Phi) is 45.4. The lowest BCUT2D eigenvalue weighted by molar-refractivity contribution is -0.873. The van der Waals surface area contributed by atoms with Gasteiger partial charge in [0, 0.05) is 32.3 Å². The third kappa shape index (κ3) is 48.8. The largest absolute Gasteiger partial charge is 0.472 e. The predicted octanol–water partition coefficient (Wildman–Crippen LogP) is 14.8. The van der Waals surface area contributed by atoms with Gasteiger partial charge in [0.2, 0.25) is 0 Å². The number of rotatable bonds is 53. The van der Waals surface area contributed by atoms with Crippen molar-refractivity contribution in [2.24, 2.45) is 11.8 Å². The first-order valence-corrected chi connectivity index (χ1v) is 30.5. The Hall–Kier alpha value is -1.89. The van der Waals surface area contributed by atoms with E-state index in [-0.39, 0.29) is 56.9 Å². The van der Waals surface area contributed by atoms with E-state index in [1.54, 1.807) is 13.8 Å². The molecule has 0 aliphatic rings. The number of quaternary nitrogens is 1. The summed E-state index contributed by atoms with van der Waals surface area (Å²) in [4.78, 5) is 60.5. The normalized spacial score (nSPS) is 14.4. The molecule has 0 spiro atoms. The fourth-order valence-electron chi connectivity index (χ4n) is 8.84. The molecule has 0 aliphatic heterocycles. The molecule has 0 rings (SSSR count). The lowest BCUT2D eigenvalue weighted by atomic mass is 9.98. The van der Waals surface area contributed by atoms with Gasteiger partial charge >= 0.3 is 25.7 Å². The molecule has 0 radical (unpaired) electrons. The van der Waals surface area contributed by atoms with E-state index < -0.39 is 44.4 Å². The van der Waals surface area contributed by atoms with Crippen molar-refractivity contribution in [1.82, 2.24) is 0 Å². The summed E-state index contributed by atoms with van der Waals surface area (Å²) < 4.78 is 46.5. The average molecular weight is 1030 g/mol. The van der Waals surface area contributed by atoms with Crippen molar-refractivity contribution >= 4 is 31.5 Å². The van der Waals surface area contributed by atoms with E-state index in [0.29, 0.717) is 43.3 Å². The number of carbonyl (C=O) groups excluding carboxylic acids is 4. The fraction of sp³-hybridized carbons (Fsp3) is 0.930. The number of carbonyl (C=O) groups is 4. The molecule has 4 unspecified atom stereocenters. The van der Waals surface area contributed by atoms with Gasteiger partial charge in [-0.15, -0.1) is 0 Å². The Morgan fingerprint density at radius 2 is 0.930 bits per heavy atom. The lowest BCUT2D eigenvalue weighted by Crippen LogP contribution is -2.43. The Bertz CT molecular complexity index is 1340. The van der Waals surface area contributed by atoms with Crippen molar-refractivity contribution in [3.05, 3.63) is 0 Å². The molecule has 0 saturated heterocycles. The zero-order chi connectivity index (χ0) is 52.9. The highest BCUT2D eigenvalue weighted by Crippen LogP contribution is 2.43. The molecule has 0 aromatic carbocycles. The number of ketones is 1. The Morgan fingerprint density at radius 3 is 1.35 bits per heavy atom. The number of esters is 3. The number of hydrogen-bond acceptors (Lipinski definition) is 11. The van der Waals surface area contributed by atoms with Crippen LogP contribution < -0.4 is 0 Å². The van der Waals surface area contributed by atoms with Gasteiger partial charge in [0.15, 0.2) is 6.10 Å². The third-order valence-electron chi connectivity index (χ3n) is 12.9. The number of nitrogens with zero attached hydrogens (tertiary/aromatic N) is 1. The Labute approximate surface area is 435 Å². The van der Waals surface area contributed by atoms with Gasteiger partial charge in [0.1, 0.15) is 25.0 Å². The Morgan fingerprint density at radius 1 is 0.507 bits per heavy atom. The van der Waals surface area contributed by atoms with Crippen LogP contribution in [0.5, 0.6) is 0 Å². The summed E-state index contributed by atoms with van der Waals surface area (Å²) in [5, 5.41) is 0. The minimum Gasteiger partial charge on any atom is -0.465 e. The van der Waals surface area contributed by atoms with Crippen molar-refractivity contribution in [1.29, 1.82) is 0 Å². The molecule has 71 heavy (non-hydrogen) atoms. The standard InChI is InChI=1S/C57H110NO12P/c1-9-11-13-15-17-19-21-23-25-27-29-31-33-35-37-40-55(60)67-48-54(70-56(61)41-38-36-34-32-30-28-26-24-22-20-18-16-14-12-10-2)49-69-71(63,64)68-43-39-42-65-57(62)51(4)44-50(3)47-66-53(45-52(5)59)46-58(6,7)8/h50-51,53-54H,9-49H2,1-8H3/p+1/t50?,51?,53?,54-/m1/s1. The van der Waals surface area contributed by atoms with Gasteiger partial charge < -0.3 is 28.3 Å². The topological polar surface area (TPSA) is 161 Å². The van der Waals surface area contributed by atoms with E-state index in [9.17, 15) is 28.6 Å². The molecule has 1 N–H and O–H groups in total. The van der Waals surface area contributed by atoms with Gasteiger partial charge in [-0.2, -0.15) is 0 Å². The van der Waals surface area contributed by atoms with Crippen molar-refractivity contribution < 1.29 is 61.1 Å². The second-order valence-corrected chi connectivity index (χ2v) is 23.3. The molecule has 0 aromatic rings. The van der Waals surface area contributed by atoms with Crippen LogP contribution in [0.4, 0.5) is 0 Å². The number of phosphoric acid groups is 1. The molecular formula is C57H111NO12P+. The van der Waals surface area contributed by atoms with Crippen LogP contribution in [0.15, 0.2) is 0 Å². The van der Waals surface area contributed by atoms with E-state index >= 15 is 0 Å². The predicted molar refractivity (Wildman–Crippen MR) is 288 cm³/mol. The van der Waals surface area contributed by atoms with Crippen LogP contribution in [-0.4, -0.2) is 106 Å². The second-order valence-electron chi connectivity index (χ2n) is 21.9. The molecular weight excluding hydrogens is 922 g/mol. The number of hydrogen-bond donors (Lipinski definition) is 1. The first-order chi connectivity index (χ1) is 34.0. The van der Waals surface area contributed by atoms with Crippen molar-refractivity contribution in [2.75, 3.05) is 60.7 Å².